The number of nitrogens with one attached hydrogen (secondary N) is 1. The number of amides is 1. The Labute approximate surface area is 161 Å². The van der Waals surface area contributed by atoms with Gasteiger partial charge in [-0.25, -0.2) is 14.1 Å². The number of hydrogen-bond donors (Lipinski definition) is 1. The van der Waals surface area contributed by atoms with Crippen molar-refractivity contribution in [3.63, 3.8) is 0 Å². The molecule has 0 bridgehead atoms. The molecule has 1 N–H and O–H groups in total. The third kappa shape index (κ3) is 3.24. The standard InChI is InChI=1S/C22H19FN4O/c1-3-27-21-17(13-24-27)16(12-20(25-21)15-7-5-4-6-8-15)22(28)26-19-10-9-14(2)11-18(19)23/h4-13H,3H2,1-2H3,(H,26,28). The van der Waals surface area contributed by atoms with Crippen molar-refractivity contribution in [3.05, 3.63) is 77.7 Å². The fourth-order valence-electron chi connectivity index (χ4n) is 3.13. The highest BCUT2D eigenvalue weighted by Gasteiger charge is 2.18. The summed E-state index contributed by atoms with van der Waals surface area (Å²) in [6.45, 7) is 4.39. The molecule has 2 aromatic carbocycles. The number of benzene rings is 2. The number of aromatic nitrogens is 3. The highest BCUT2D eigenvalue weighted by Crippen LogP contribution is 2.26. The van der Waals surface area contributed by atoms with Gasteiger partial charge in [0, 0.05) is 12.1 Å². The molecule has 0 saturated heterocycles. The first-order valence-corrected chi connectivity index (χ1v) is 9.06. The van der Waals surface area contributed by atoms with Crippen LogP contribution in [-0.4, -0.2) is 20.7 Å². The van der Waals surface area contributed by atoms with E-state index in [-0.39, 0.29) is 5.69 Å². The number of carbonyl (C=O) groups is 1. The van der Waals surface area contributed by atoms with Crippen LogP contribution in [0.15, 0.2) is 60.8 Å². The zero-order valence-electron chi connectivity index (χ0n) is 15.6. The van der Waals surface area contributed by atoms with E-state index in [0.717, 1.165) is 11.1 Å². The minimum atomic E-state index is -0.466. The van der Waals surface area contributed by atoms with Crippen LogP contribution in [-0.2, 0) is 6.54 Å². The summed E-state index contributed by atoms with van der Waals surface area (Å²) in [5, 5.41) is 7.63. The molecule has 0 aliphatic carbocycles. The van der Waals surface area contributed by atoms with Crippen LogP contribution in [0.5, 0.6) is 0 Å². The van der Waals surface area contributed by atoms with E-state index in [1.165, 1.54) is 6.07 Å². The van der Waals surface area contributed by atoms with Gasteiger partial charge in [0.15, 0.2) is 5.65 Å². The fourth-order valence-corrected chi connectivity index (χ4v) is 3.13. The van der Waals surface area contributed by atoms with Gasteiger partial charge in [0.2, 0.25) is 0 Å². The molecule has 0 aliphatic rings. The quantitative estimate of drug-likeness (QED) is 0.557. The number of anilines is 1. The molecule has 5 nitrogen and oxygen atoms in total. The largest absolute Gasteiger partial charge is 0.319 e. The van der Waals surface area contributed by atoms with E-state index in [1.807, 2.05) is 37.3 Å². The van der Waals surface area contributed by atoms with E-state index in [9.17, 15) is 9.18 Å². The first-order chi connectivity index (χ1) is 13.6. The zero-order valence-corrected chi connectivity index (χ0v) is 15.6. The SMILES string of the molecule is CCn1ncc2c(C(=O)Nc3ccc(C)cc3F)cc(-c3ccccc3)nc21. The van der Waals surface area contributed by atoms with Gasteiger partial charge in [-0.2, -0.15) is 5.10 Å². The molecule has 6 heteroatoms. The Morgan fingerprint density at radius 2 is 1.93 bits per heavy atom. The van der Waals surface area contributed by atoms with Crippen molar-refractivity contribution in [1.82, 2.24) is 14.8 Å². The van der Waals surface area contributed by atoms with Crippen molar-refractivity contribution >= 4 is 22.6 Å². The molecule has 28 heavy (non-hydrogen) atoms. The predicted octanol–water partition coefficient (Wildman–Crippen LogP) is 4.82. The smallest absolute Gasteiger partial charge is 0.256 e. The number of pyridine rings is 1. The molecule has 0 radical (unpaired) electrons. The molecule has 4 rings (SSSR count). The molecule has 2 heterocycles. The average molecular weight is 374 g/mol. The molecule has 4 aromatic rings. The van der Waals surface area contributed by atoms with Crippen molar-refractivity contribution < 1.29 is 9.18 Å². The second-order valence-electron chi connectivity index (χ2n) is 6.56. The summed E-state index contributed by atoms with van der Waals surface area (Å²) in [5.41, 5.74) is 3.52. The highest BCUT2D eigenvalue weighted by atomic mass is 19.1. The van der Waals surface area contributed by atoms with Gasteiger partial charge < -0.3 is 5.32 Å². The van der Waals surface area contributed by atoms with Crippen LogP contribution >= 0.6 is 0 Å². The normalized spacial score (nSPS) is 11.0. The zero-order chi connectivity index (χ0) is 19.7. The lowest BCUT2D eigenvalue weighted by molar-refractivity contribution is 0.102. The number of carbonyl (C=O) groups excluding carboxylic acids is 1. The summed E-state index contributed by atoms with van der Waals surface area (Å²) in [7, 11) is 0. The van der Waals surface area contributed by atoms with Crippen molar-refractivity contribution in [3.8, 4) is 11.3 Å². The Balaban J connectivity index is 1.82. The maximum Gasteiger partial charge on any atom is 0.256 e. The molecule has 0 atom stereocenters. The van der Waals surface area contributed by atoms with Crippen molar-refractivity contribution in [2.45, 2.75) is 20.4 Å². The number of fused-ring (bicyclic) bond motifs is 1. The Bertz CT molecular complexity index is 1170. The maximum absolute atomic E-state index is 14.2. The van der Waals surface area contributed by atoms with E-state index in [1.54, 1.807) is 36.0 Å². The van der Waals surface area contributed by atoms with Crippen molar-refractivity contribution in [1.29, 1.82) is 0 Å². The lowest BCUT2D eigenvalue weighted by atomic mass is 10.1. The molecule has 140 valence electrons. The summed E-state index contributed by atoms with van der Waals surface area (Å²) >= 11 is 0. The van der Waals surface area contributed by atoms with Gasteiger partial charge in [-0.15, -0.1) is 0 Å². The number of rotatable bonds is 4. The van der Waals surface area contributed by atoms with Crippen LogP contribution in [0.2, 0.25) is 0 Å². The summed E-state index contributed by atoms with van der Waals surface area (Å²) in [4.78, 5) is 17.7. The minimum absolute atomic E-state index is 0.143. The van der Waals surface area contributed by atoms with Gasteiger partial charge in [-0.1, -0.05) is 36.4 Å². The van der Waals surface area contributed by atoms with Gasteiger partial charge in [-0.3, -0.25) is 4.79 Å². The van der Waals surface area contributed by atoms with Crippen LogP contribution < -0.4 is 5.32 Å². The average Bonchev–Trinajstić information content (AvgIpc) is 3.13. The van der Waals surface area contributed by atoms with Gasteiger partial charge in [0.25, 0.3) is 5.91 Å². The molecule has 0 saturated carbocycles. The fraction of sp³-hybridized carbons (Fsp3) is 0.136. The van der Waals surface area contributed by atoms with E-state index < -0.39 is 11.7 Å². The molecule has 1 amide bonds. The van der Waals surface area contributed by atoms with Gasteiger partial charge >= 0.3 is 0 Å². The van der Waals surface area contributed by atoms with Crippen molar-refractivity contribution in [2.75, 3.05) is 5.32 Å². The number of halogens is 1. The number of aryl methyl sites for hydroxylation is 2. The second-order valence-corrected chi connectivity index (χ2v) is 6.56. The highest BCUT2D eigenvalue weighted by molar-refractivity contribution is 6.12. The van der Waals surface area contributed by atoms with Crippen LogP contribution in [0.25, 0.3) is 22.3 Å². The lowest BCUT2D eigenvalue weighted by Crippen LogP contribution is -2.14. The maximum atomic E-state index is 14.2. The van der Waals surface area contributed by atoms with Gasteiger partial charge in [0.05, 0.1) is 28.5 Å². The van der Waals surface area contributed by atoms with Gasteiger partial charge in [0.1, 0.15) is 5.82 Å². The third-order valence-electron chi connectivity index (χ3n) is 4.60. The number of nitrogens with zero attached hydrogens (tertiary/aromatic N) is 3. The van der Waals surface area contributed by atoms with E-state index >= 15 is 0 Å². The Morgan fingerprint density at radius 1 is 1.14 bits per heavy atom. The molecule has 0 fully saturated rings. The number of hydrogen-bond acceptors (Lipinski definition) is 3. The molecule has 0 spiro atoms. The van der Waals surface area contributed by atoms with E-state index in [4.69, 9.17) is 4.98 Å². The van der Waals surface area contributed by atoms with E-state index in [0.29, 0.717) is 28.8 Å². The summed E-state index contributed by atoms with van der Waals surface area (Å²) in [5.74, 6) is -0.867. The summed E-state index contributed by atoms with van der Waals surface area (Å²) < 4.78 is 15.9. The summed E-state index contributed by atoms with van der Waals surface area (Å²) in [6, 6.07) is 16.1. The summed E-state index contributed by atoms with van der Waals surface area (Å²) in [6.07, 6.45) is 1.63. The van der Waals surface area contributed by atoms with E-state index in [2.05, 4.69) is 10.4 Å². The van der Waals surface area contributed by atoms with Crippen LogP contribution in [0.4, 0.5) is 10.1 Å². The van der Waals surface area contributed by atoms with Crippen LogP contribution in [0.3, 0.4) is 0 Å². The first-order valence-electron chi connectivity index (χ1n) is 9.06. The van der Waals surface area contributed by atoms with Gasteiger partial charge in [-0.05, 0) is 37.6 Å². The second kappa shape index (κ2) is 7.23. The monoisotopic (exact) mass is 374 g/mol. The van der Waals surface area contributed by atoms with Crippen LogP contribution in [0.1, 0.15) is 22.8 Å². The lowest BCUT2D eigenvalue weighted by Gasteiger charge is -2.10. The molecular weight excluding hydrogens is 355 g/mol. The predicted molar refractivity (Wildman–Crippen MR) is 108 cm³/mol. The topological polar surface area (TPSA) is 59.8 Å². The molecule has 2 aromatic heterocycles. The molecule has 0 unspecified atom stereocenters. The molecular formula is C22H19FN4O. The molecule has 0 aliphatic heterocycles. The Hall–Kier alpha value is -3.54. The Morgan fingerprint density at radius 3 is 2.64 bits per heavy atom. The Kier molecular flexibility index (Phi) is 4.61. The third-order valence-corrected chi connectivity index (χ3v) is 4.60. The first kappa shape index (κ1) is 17.9. The van der Waals surface area contributed by atoms with Crippen LogP contribution in [0, 0.1) is 12.7 Å². The minimum Gasteiger partial charge on any atom is -0.319 e. The van der Waals surface area contributed by atoms with Crippen molar-refractivity contribution in [2.24, 2.45) is 0 Å².